The molecule has 40 heavy (non-hydrogen) atoms. The first-order chi connectivity index (χ1) is 19.4. The number of pyridine rings is 1. The molecule has 2 aromatic carbocycles. The highest BCUT2D eigenvalue weighted by molar-refractivity contribution is 5.67. The van der Waals surface area contributed by atoms with Crippen LogP contribution < -0.4 is 10.2 Å². The number of alkyl halides is 3. The van der Waals surface area contributed by atoms with Crippen molar-refractivity contribution in [2.24, 2.45) is 11.8 Å². The Balaban J connectivity index is 1.22. The number of halogens is 3. The van der Waals surface area contributed by atoms with Gasteiger partial charge >= 0.3 is 6.18 Å². The molecular weight excluding hydrogens is 511 g/mol. The lowest BCUT2D eigenvalue weighted by molar-refractivity contribution is -0.137. The maximum absolute atomic E-state index is 13.0. The standard InChI is InChI=1S/C33H40F3N3O/c34-33(35,36)29-12-14-30(15-13-29)39-18-4-7-25(23-39)21-28-9-1-2-11-31(28)38-32-22-27(16-17-37-32)26-10-3-6-24(20-26)8-5-19-40/h3,6,10,12-17,20,22,25,28,31,40H,1-2,4-5,7-9,11,18-19,21,23H2,(H,37,38)/t25-,28+,31-/m1/s1. The maximum Gasteiger partial charge on any atom is 0.416 e. The number of nitrogens with zero attached hydrogens (tertiary/aromatic N) is 2. The van der Waals surface area contributed by atoms with E-state index >= 15 is 0 Å². The Morgan fingerprint density at radius 1 is 0.925 bits per heavy atom. The van der Waals surface area contributed by atoms with Gasteiger partial charge in [-0.15, -0.1) is 0 Å². The Kier molecular flexibility index (Phi) is 9.30. The fraction of sp³-hybridized carbons (Fsp3) is 0.485. The van der Waals surface area contributed by atoms with Crippen LogP contribution in [0.15, 0.2) is 66.9 Å². The van der Waals surface area contributed by atoms with Gasteiger partial charge in [0.05, 0.1) is 5.56 Å². The molecule has 3 atom stereocenters. The van der Waals surface area contributed by atoms with Gasteiger partial charge in [-0.25, -0.2) is 4.98 Å². The van der Waals surface area contributed by atoms with Crippen molar-refractivity contribution in [3.63, 3.8) is 0 Å². The van der Waals surface area contributed by atoms with Crippen molar-refractivity contribution < 1.29 is 18.3 Å². The van der Waals surface area contributed by atoms with Gasteiger partial charge in [-0.1, -0.05) is 37.1 Å². The number of aliphatic hydroxyl groups excluding tert-OH is 1. The molecule has 1 saturated heterocycles. The molecule has 2 heterocycles. The van der Waals surface area contributed by atoms with Gasteiger partial charge in [-0.05, 0) is 110 Å². The van der Waals surface area contributed by atoms with Crippen LogP contribution in [0.4, 0.5) is 24.7 Å². The highest BCUT2D eigenvalue weighted by atomic mass is 19.4. The average Bonchev–Trinajstić information content (AvgIpc) is 2.97. The third-order valence-corrected chi connectivity index (χ3v) is 8.60. The summed E-state index contributed by atoms with van der Waals surface area (Å²) in [6, 6.07) is 18.7. The van der Waals surface area contributed by atoms with E-state index in [0.717, 1.165) is 67.8 Å². The summed E-state index contributed by atoms with van der Waals surface area (Å²) >= 11 is 0. The molecule has 0 spiro atoms. The summed E-state index contributed by atoms with van der Waals surface area (Å²) in [5.41, 5.74) is 3.82. The maximum atomic E-state index is 13.0. The van der Waals surface area contributed by atoms with E-state index in [1.165, 1.54) is 43.4 Å². The molecule has 3 aromatic rings. The van der Waals surface area contributed by atoms with Crippen LogP contribution in [0, 0.1) is 11.8 Å². The van der Waals surface area contributed by atoms with Gasteiger partial charge < -0.3 is 15.3 Å². The van der Waals surface area contributed by atoms with Crippen LogP contribution >= 0.6 is 0 Å². The smallest absolute Gasteiger partial charge is 0.396 e. The fourth-order valence-electron chi connectivity index (χ4n) is 6.53. The summed E-state index contributed by atoms with van der Waals surface area (Å²) in [5, 5.41) is 13.0. The predicted molar refractivity (Wildman–Crippen MR) is 155 cm³/mol. The Labute approximate surface area is 235 Å². The summed E-state index contributed by atoms with van der Waals surface area (Å²) in [6.45, 7) is 1.99. The van der Waals surface area contributed by atoms with E-state index in [2.05, 4.69) is 45.5 Å². The first-order valence-electron chi connectivity index (χ1n) is 14.7. The van der Waals surface area contributed by atoms with Crippen molar-refractivity contribution >= 4 is 11.5 Å². The normalized spacial score (nSPS) is 21.8. The Hall–Kier alpha value is -3.06. The summed E-state index contributed by atoms with van der Waals surface area (Å²) in [6.07, 6.45) is 7.34. The first-order valence-corrected chi connectivity index (χ1v) is 14.7. The topological polar surface area (TPSA) is 48.4 Å². The molecule has 0 radical (unpaired) electrons. The number of nitrogens with one attached hydrogen (secondary N) is 1. The molecule has 2 fully saturated rings. The second-order valence-corrected chi connectivity index (χ2v) is 11.5. The molecule has 0 bridgehead atoms. The van der Waals surface area contributed by atoms with Gasteiger partial charge in [0.1, 0.15) is 5.82 Å². The number of rotatable bonds is 9. The van der Waals surface area contributed by atoms with E-state index in [4.69, 9.17) is 0 Å². The highest BCUT2D eigenvalue weighted by Crippen LogP contribution is 2.36. The van der Waals surface area contributed by atoms with Gasteiger partial charge in [0.15, 0.2) is 0 Å². The van der Waals surface area contributed by atoms with Gasteiger partial charge in [0.2, 0.25) is 0 Å². The van der Waals surface area contributed by atoms with Crippen molar-refractivity contribution in [1.82, 2.24) is 4.98 Å². The fourth-order valence-corrected chi connectivity index (χ4v) is 6.53. The molecule has 1 aromatic heterocycles. The van der Waals surface area contributed by atoms with Crippen LogP contribution in [0.1, 0.15) is 62.5 Å². The molecular formula is C33H40F3N3O. The minimum absolute atomic E-state index is 0.198. The number of aromatic nitrogens is 1. The zero-order valence-electron chi connectivity index (χ0n) is 23.0. The molecule has 1 aliphatic heterocycles. The van der Waals surface area contributed by atoms with Crippen LogP contribution in [0.5, 0.6) is 0 Å². The zero-order chi connectivity index (χ0) is 28.0. The largest absolute Gasteiger partial charge is 0.416 e. The third-order valence-electron chi connectivity index (χ3n) is 8.60. The molecule has 2 N–H and O–H groups in total. The summed E-state index contributed by atoms with van der Waals surface area (Å²) < 4.78 is 39.0. The lowest BCUT2D eigenvalue weighted by Crippen LogP contribution is -2.39. The van der Waals surface area contributed by atoms with Crippen molar-refractivity contribution in [1.29, 1.82) is 0 Å². The van der Waals surface area contributed by atoms with E-state index in [1.807, 2.05) is 12.3 Å². The molecule has 5 rings (SSSR count). The number of anilines is 2. The monoisotopic (exact) mass is 551 g/mol. The van der Waals surface area contributed by atoms with Crippen LogP contribution in [0.3, 0.4) is 0 Å². The lowest BCUT2D eigenvalue weighted by atomic mass is 9.77. The molecule has 1 saturated carbocycles. The van der Waals surface area contributed by atoms with Crippen molar-refractivity contribution in [3.05, 3.63) is 78.0 Å². The first kappa shape index (κ1) is 28.5. The molecule has 214 valence electrons. The second kappa shape index (κ2) is 13.1. The van der Waals surface area contributed by atoms with Crippen LogP contribution in [-0.4, -0.2) is 35.8 Å². The van der Waals surface area contributed by atoms with Crippen LogP contribution in [-0.2, 0) is 12.6 Å². The lowest BCUT2D eigenvalue weighted by Gasteiger charge is -2.39. The molecule has 0 amide bonds. The Morgan fingerprint density at radius 2 is 1.73 bits per heavy atom. The minimum Gasteiger partial charge on any atom is -0.396 e. The number of piperidine rings is 1. The molecule has 1 aliphatic carbocycles. The highest BCUT2D eigenvalue weighted by Gasteiger charge is 2.32. The van der Waals surface area contributed by atoms with E-state index in [-0.39, 0.29) is 6.61 Å². The van der Waals surface area contributed by atoms with Gasteiger partial charge in [0, 0.05) is 37.6 Å². The molecule has 2 aliphatic rings. The Morgan fingerprint density at radius 3 is 2.52 bits per heavy atom. The van der Waals surface area contributed by atoms with Crippen molar-refractivity contribution in [3.8, 4) is 11.1 Å². The predicted octanol–water partition coefficient (Wildman–Crippen LogP) is 7.97. The summed E-state index contributed by atoms with van der Waals surface area (Å²) in [5.74, 6) is 1.99. The number of aliphatic hydroxyl groups is 1. The molecule has 0 unspecified atom stereocenters. The number of benzene rings is 2. The molecule has 7 heteroatoms. The zero-order valence-corrected chi connectivity index (χ0v) is 23.0. The van der Waals surface area contributed by atoms with Crippen LogP contribution in [0.2, 0.25) is 0 Å². The number of hydrogen-bond acceptors (Lipinski definition) is 4. The second-order valence-electron chi connectivity index (χ2n) is 11.5. The number of aryl methyl sites for hydroxylation is 1. The van der Waals surface area contributed by atoms with Crippen molar-refractivity contribution in [2.75, 3.05) is 29.9 Å². The number of hydrogen-bond donors (Lipinski definition) is 2. The van der Waals surface area contributed by atoms with E-state index < -0.39 is 11.7 Å². The summed E-state index contributed by atoms with van der Waals surface area (Å²) in [7, 11) is 0. The Bertz CT molecular complexity index is 1230. The molecule has 4 nitrogen and oxygen atoms in total. The van der Waals surface area contributed by atoms with Gasteiger partial charge in [-0.2, -0.15) is 13.2 Å². The average molecular weight is 552 g/mol. The minimum atomic E-state index is -4.30. The SMILES string of the molecule is OCCCc1cccc(-c2ccnc(N[C@@H]3CCCC[C@H]3C[C@H]3CCCN(c4ccc(C(F)(F)F)cc4)C3)c2)c1. The quantitative estimate of drug-likeness (QED) is 0.283. The van der Waals surface area contributed by atoms with Crippen LogP contribution in [0.25, 0.3) is 11.1 Å². The summed E-state index contributed by atoms with van der Waals surface area (Å²) in [4.78, 5) is 6.92. The van der Waals surface area contributed by atoms with Gasteiger partial charge in [-0.3, -0.25) is 0 Å². The van der Waals surface area contributed by atoms with E-state index in [0.29, 0.717) is 17.9 Å². The van der Waals surface area contributed by atoms with E-state index in [1.54, 1.807) is 12.1 Å². The van der Waals surface area contributed by atoms with Gasteiger partial charge in [0.25, 0.3) is 0 Å². The third kappa shape index (κ3) is 7.36. The van der Waals surface area contributed by atoms with Crippen molar-refractivity contribution in [2.45, 2.75) is 70.0 Å². The van der Waals surface area contributed by atoms with E-state index in [9.17, 15) is 18.3 Å².